The molecule has 0 amide bonds. The molecule has 6 heteroatoms. The van der Waals surface area contributed by atoms with Gasteiger partial charge < -0.3 is 14.7 Å². The number of nitrogens with zero attached hydrogens (tertiary/aromatic N) is 3. The van der Waals surface area contributed by atoms with Gasteiger partial charge in [-0.3, -0.25) is 0 Å². The topological polar surface area (TPSA) is 75.0 Å². The summed E-state index contributed by atoms with van der Waals surface area (Å²) < 4.78 is 5.14. The van der Waals surface area contributed by atoms with E-state index in [2.05, 4.69) is 14.9 Å². The number of carboxylic acids is 1. The quantitative estimate of drug-likeness (QED) is 0.844. The van der Waals surface area contributed by atoms with Crippen molar-refractivity contribution >= 4 is 17.5 Å². The average molecular weight is 317 g/mol. The van der Waals surface area contributed by atoms with E-state index in [9.17, 15) is 9.90 Å². The summed E-state index contributed by atoms with van der Waals surface area (Å²) in [4.78, 5) is 22.4. The van der Waals surface area contributed by atoms with Gasteiger partial charge in [0.15, 0.2) is 0 Å². The molecule has 1 aromatic heterocycles. The molecule has 1 aliphatic rings. The maximum Gasteiger partial charge on any atom is 0.333 e. The molecule has 0 bridgehead atoms. The monoisotopic (exact) mass is 317 g/mol. The van der Waals surface area contributed by atoms with Crippen molar-refractivity contribution in [3.05, 3.63) is 29.1 Å². The summed E-state index contributed by atoms with van der Waals surface area (Å²) in [5.74, 6) is 0.574. The van der Waals surface area contributed by atoms with Crippen LogP contribution in [-0.4, -0.2) is 35.5 Å². The van der Waals surface area contributed by atoms with Gasteiger partial charge in [0.25, 0.3) is 0 Å². The standard InChI is InChI=1S/C17H23N3O3/c1-5-13(17(21)22)11(2)18-15-7-6-10-20(15)14-8-9-16(23-4)19-12(14)3/h8-9H,5-7,10H2,1-4H3,(H,21,22)/b13-11-,18-15+. The normalized spacial score (nSPS) is 17.4. The molecule has 1 fully saturated rings. The van der Waals surface area contributed by atoms with Gasteiger partial charge in [0.2, 0.25) is 5.88 Å². The Morgan fingerprint density at radius 3 is 2.78 bits per heavy atom. The van der Waals surface area contributed by atoms with Crippen molar-refractivity contribution in [1.29, 1.82) is 0 Å². The van der Waals surface area contributed by atoms with Crippen LogP contribution in [0, 0.1) is 6.92 Å². The number of aryl methyl sites for hydroxylation is 1. The molecular formula is C17H23N3O3. The van der Waals surface area contributed by atoms with Gasteiger partial charge in [0.1, 0.15) is 5.84 Å². The number of aliphatic carboxylic acids is 1. The molecule has 0 saturated carbocycles. The van der Waals surface area contributed by atoms with E-state index in [-0.39, 0.29) is 0 Å². The van der Waals surface area contributed by atoms with E-state index in [0.29, 0.717) is 23.6 Å². The van der Waals surface area contributed by atoms with E-state index in [4.69, 9.17) is 4.74 Å². The first kappa shape index (κ1) is 17.0. The summed E-state index contributed by atoms with van der Waals surface area (Å²) in [7, 11) is 1.59. The lowest BCUT2D eigenvalue weighted by molar-refractivity contribution is -0.132. The van der Waals surface area contributed by atoms with Gasteiger partial charge in [-0.1, -0.05) is 6.92 Å². The molecule has 2 rings (SSSR count). The third kappa shape index (κ3) is 3.70. The van der Waals surface area contributed by atoms with Gasteiger partial charge in [-0.15, -0.1) is 0 Å². The number of carbonyl (C=O) groups is 1. The largest absolute Gasteiger partial charge is 0.481 e. The van der Waals surface area contributed by atoms with Crippen LogP contribution in [0.25, 0.3) is 0 Å². The highest BCUT2D eigenvalue weighted by molar-refractivity contribution is 6.01. The SMILES string of the molecule is CC/C(C(=O)O)=C(C)/N=C1\CCCN1c1ccc(OC)nc1C. The number of anilines is 1. The second-order valence-corrected chi connectivity index (χ2v) is 5.46. The summed E-state index contributed by atoms with van der Waals surface area (Å²) in [5.41, 5.74) is 2.78. The Bertz CT molecular complexity index is 665. The van der Waals surface area contributed by atoms with Crippen molar-refractivity contribution in [3.8, 4) is 5.88 Å². The lowest BCUT2D eigenvalue weighted by atomic mass is 10.1. The highest BCUT2D eigenvalue weighted by Gasteiger charge is 2.23. The molecule has 0 aliphatic carbocycles. The van der Waals surface area contributed by atoms with Crippen molar-refractivity contribution in [2.45, 2.75) is 40.0 Å². The van der Waals surface area contributed by atoms with Crippen LogP contribution in [0.3, 0.4) is 0 Å². The summed E-state index contributed by atoms with van der Waals surface area (Å²) in [6, 6.07) is 3.80. The van der Waals surface area contributed by atoms with Crippen LogP contribution in [0.5, 0.6) is 5.88 Å². The first-order chi connectivity index (χ1) is 11.0. The lowest BCUT2D eigenvalue weighted by Crippen LogP contribution is -2.25. The number of ether oxygens (including phenoxy) is 1. The number of allylic oxidation sites excluding steroid dienone is 1. The van der Waals surface area contributed by atoms with Crippen molar-refractivity contribution in [3.63, 3.8) is 0 Å². The van der Waals surface area contributed by atoms with Gasteiger partial charge in [0, 0.05) is 24.7 Å². The Morgan fingerprint density at radius 1 is 1.48 bits per heavy atom. The molecule has 6 nitrogen and oxygen atoms in total. The van der Waals surface area contributed by atoms with Gasteiger partial charge in [0.05, 0.1) is 24.1 Å². The van der Waals surface area contributed by atoms with Crippen molar-refractivity contribution < 1.29 is 14.6 Å². The van der Waals surface area contributed by atoms with Crippen molar-refractivity contribution in [2.24, 2.45) is 4.99 Å². The smallest absolute Gasteiger partial charge is 0.333 e. The van der Waals surface area contributed by atoms with Gasteiger partial charge >= 0.3 is 5.97 Å². The predicted molar refractivity (Wildman–Crippen MR) is 90.2 cm³/mol. The number of rotatable bonds is 5. The summed E-state index contributed by atoms with van der Waals surface area (Å²) in [6.07, 6.45) is 2.28. The number of aromatic nitrogens is 1. The van der Waals surface area contributed by atoms with Crippen LogP contribution in [-0.2, 0) is 4.79 Å². The molecule has 2 heterocycles. The zero-order valence-corrected chi connectivity index (χ0v) is 14.1. The van der Waals surface area contributed by atoms with E-state index in [1.807, 2.05) is 26.0 Å². The summed E-state index contributed by atoms with van der Waals surface area (Å²) in [6.45, 7) is 6.38. The Hall–Kier alpha value is -2.37. The molecule has 23 heavy (non-hydrogen) atoms. The third-order valence-corrected chi connectivity index (χ3v) is 3.97. The first-order valence-electron chi connectivity index (χ1n) is 7.77. The second-order valence-electron chi connectivity index (χ2n) is 5.46. The fourth-order valence-electron chi connectivity index (χ4n) is 2.79. The molecule has 0 aromatic carbocycles. The fraction of sp³-hybridized carbons (Fsp3) is 0.471. The maximum absolute atomic E-state index is 11.3. The highest BCUT2D eigenvalue weighted by atomic mass is 16.5. The van der Waals surface area contributed by atoms with E-state index in [1.165, 1.54) is 0 Å². The van der Waals surface area contributed by atoms with Gasteiger partial charge in [-0.2, -0.15) is 0 Å². The molecule has 124 valence electrons. The van der Waals surface area contributed by atoms with Crippen molar-refractivity contribution in [1.82, 2.24) is 4.98 Å². The molecule has 0 atom stereocenters. The Kier molecular flexibility index (Phi) is 5.36. The zero-order valence-electron chi connectivity index (χ0n) is 14.1. The lowest BCUT2D eigenvalue weighted by Gasteiger charge is -2.21. The summed E-state index contributed by atoms with van der Waals surface area (Å²) >= 11 is 0. The molecule has 1 N–H and O–H groups in total. The molecular weight excluding hydrogens is 294 g/mol. The van der Waals surface area contributed by atoms with Gasteiger partial charge in [-0.05, 0) is 32.8 Å². The third-order valence-electron chi connectivity index (χ3n) is 3.97. The second kappa shape index (κ2) is 7.26. The Balaban J connectivity index is 2.37. The van der Waals surface area contributed by atoms with E-state index < -0.39 is 5.97 Å². The van der Waals surface area contributed by atoms with Gasteiger partial charge in [-0.25, -0.2) is 14.8 Å². The summed E-state index contributed by atoms with van der Waals surface area (Å²) in [5, 5.41) is 9.24. The van der Waals surface area contributed by atoms with Crippen LogP contribution in [0.2, 0.25) is 0 Å². The molecule has 0 spiro atoms. The van der Waals surface area contributed by atoms with Crippen LogP contribution in [0.4, 0.5) is 5.69 Å². The van der Waals surface area contributed by atoms with E-state index >= 15 is 0 Å². The molecule has 0 unspecified atom stereocenters. The van der Waals surface area contributed by atoms with E-state index in [0.717, 1.165) is 36.6 Å². The highest BCUT2D eigenvalue weighted by Crippen LogP contribution is 2.27. The Labute approximate surface area is 136 Å². The molecule has 0 radical (unpaired) electrons. The van der Waals surface area contributed by atoms with Crippen LogP contribution >= 0.6 is 0 Å². The minimum atomic E-state index is -0.902. The first-order valence-corrected chi connectivity index (χ1v) is 7.77. The number of hydrogen-bond acceptors (Lipinski definition) is 4. The number of amidine groups is 1. The van der Waals surface area contributed by atoms with E-state index in [1.54, 1.807) is 14.0 Å². The molecule has 1 aliphatic heterocycles. The predicted octanol–water partition coefficient (Wildman–Crippen LogP) is 3.17. The average Bonchev–Trinajstić information content (AvgIpc) is 2.95. The number of aliphatic imine (C=N–C) groups is 1. The Morgan fingerprint density at radius 2 is 2.22 bits per heavy atom. The number of methoxy groups -OCH3 is 1. The van der Waals surface area contributed by atoms with Crippen molar-refractivity contribution in [2.75, 3.05) is 18.6 Å². The fourth-order valence-corrected chi connectivity index (χ4v) is 2.79. The minimum absolute atomic E-state index is 0.355. The zero-order chi connectivity index (χ0) is 17.0. The van der Waals surface area contributed by atoms with Crippen LogP contribution in [0.15, 0.2) is 28.4 Å². The number of carboxylic acid groups (broad SMARTS) is 1. The van der Waals surface area contributed by atoms with Crippen LogP contribution < -0.4 is 9.64 Å². The molecule has 1 saturated heterocycles. The number of pyridine rings is 1. The maximum atomic E-state index is 11.3. The molecule has 1 aromatic rings. The number of hydrogen-bond donors (Lipinski definition) is 1. The van der Waals surface area contributed by atoms with Crippen LogP contribution in [0.1, 0.15) is 38.8 Å². The minimum Gasteiger partial charge on any atom is -0.481 e.